The fraction of sp³-hybridized carbons (Fsp3) is 0.545. The zero-order chi connectivity index (χ0) is 23.4. The second-order valence-corrected chi connectivity index (χ2v) is 7.65. The Morgan fingerprint density at radius 1 is 0.935 bits per heavy atom. The Balaban J connectivity index is 2.54. The van der Waals surface area contributed by atoms with Gasteiger partial charge in [-0.05, 0) is 43.4 Å². The number of carbonyl (C=O) groups excluding carboxylic acids is 4. The van der Waals surface area contributed by atoms with Gasteiger partial charge in [-0.2, -0.15) is 0 Å². The van der Waals surface area contributed by atoms with Gasteiger partial charge < -0.3 is 25.8 Å². The highest BCUT2D eigenvalue weighted by Crippen LogP contribution is 2.10. The number of hydrogen-bond acceptors (Lipinski definition) is 6. The van der Waals surface area contributed by atoms with Crippen LogP contribution in [0.5, 0.6) is 0 Å². The quantitative estimate of drug-likeness (QED) is 0.290. The molecule has 1 aromatic rings. The van der Waals surface area contributed by atoms with E-state index in [0.29, 0.717) is 18.5 Å². The van der Waals surface area contributed by atoms with Gasteiger partial charge in [-0.1, -0.05) is 26.0 Å². The number of benzene rings is 1. The number of aliphatic hydroxyl groups excluding tert-OH is 1. The second kappa shape index (κ2) is 13.4. The van der Waals surface area contributed by atoms with Gasteiger partial charge in [0.05, 0.1) is 13.7 Å². The number of aliphatic hydroxyl groups is 1. The first-order valence-electron chi connectivity index (χ1n) is 10.3. The van der Waals surface area contributed by atoms with Crippen molar-refractivity contribution in [3.63, 3.8) is 0 Å². The van der Waals surface area contributed by atoms with E-state index < -0.39 is 23.9 Å². The van der Waals surface area contributed by atoms with Gasteiger partial charge >= 0.3 is 5.97 Å². The predicted molar refractivity (Wildman–Crippen MR) is 116 cm³/mol. The average Bonchev–Trinajstić information content (AvgIpc) is 2.74. The van der Waals surface area contributed by atoms with Crippen LogP contribution in [0, 0.1) is 5.92 Å². The molecule has 0 saturated heterocycles. The van der Waals surface area contributed by atoms with Crippen LogP contribution in [0.2, 0.25) is 0 Å². The molecule has 2 atom stereocenters. The molecule has 172 valence electrons. The minimum Gasteiger partial charge on any atom is -0.469 e. The standard InChI is InChI=1S/C22H33N3O6/c1-14(2)20(25-18(27)7-5-6-8-19(28)31-4)22(30)23-15(3)21(29)24-17-11-9-16(13-26)10-12-17/h9-12,14-15,20,26H,5-8,13H2,1-4H3,(H,23,30)(H,24,29)(H,25,27). The van der Waals surface area contributed by atoms with Gasteiger partial charge in [0, 0.05) is 18.5 Å². The molecule has 0 spiro atoms. The van der Waals surface area contributed by atoms with Crippen molar-refractivity contribution in [2.45, 2.75) is 65.1 Å². The molecular formula is C22H33N3O6. The van der Waals surface area contributed by atoms with Crippen molar-refractivity contribution >= 4 is 29.4 Å². The van der Waals surface area contributed by atoms with Crippen molar-refractivity contribution in [1.82, 2.24) is 10.6 Å². The summed E-state index contributed by atoms with van der Waals surface area (Å²) in [6.45, 7) is 5.07. The van der Waals surface area contributed by atoms with E-state index in [9.17, 15) is 19.2 Å². The molecule has 0 aliphatic rings. The maximum atomic E-state index is 12.6. The highest BCUT2D eigenvalue weighted by atomic mass is 16.5. The Kier molecular flexibility index (Phi) is 11.3. The molecule has 9 nitrogen and oxygen atoms in total. The molecule has 0 fully saturated rings. The third-order valence-electron chi connectivity index (χ3n) is 4.68. The highest BCUT2D eigenvalue weighted by Gasteiger charge is 2.26. The fourth-order valence-electron chi connectivity index (χ4n) is 2.75. The molecule has 4 N–H and O–H groups in total. The monoisotopic (exact) mass is 435 g/mol. The van der Waals surface area contributed by atoms with Gasteiger partial charge in [-0.25, -0.2) is 0 Å². The molecule has 1 aromatic carbocycles. The van der Waals surface area contributed by atoms with Crippen LogP contribution >= 0.6 is 0 Å². The van der Waals surface area contributed by atoms with Crippen LogP contribution in [0.1, 0.15) is 52.0 Å². The molecular weight excluding hydrogens is 402 g/mol. The van der Waals surface area contributed by atoms with E-state index in [-0.39, 0.29) is 37.2 Å². The number of esters is 1. The Bertz CT molecular complexity index is 748. The molecule has 0 aliphatic heterocycles. The first-order valence-corrected chi connectivity index (χ1v) is 10.3. The summed E-state index contributed by atoms with van der Waals surface area (Å²) in [6, 6.07) is 5.10. The third kappa shape index (κ3) is 9.61. The minimum atomic E-state index is -0.816. The smallest absolute Gasteiger partial charge is 0.305 e. The van der Waals surface area contributed by atoms with Gasteiger partial charge in [0.15, 0.2) is 0 Å². The lowest BCUT2D eigenvalue weighted by atomic mass is 10.0. The van der Waals surface area contributed by atoms with Crippen LogP contribution in [0.15, 0.2) is 24.3 Å². The summed E-state index contributed by atoms with van der Waals surface area (Å²) in [5, 5.41) is 17.1. The molecule has 3 amide bonds. The number of hydrogen-bond donors (Lipinski definition) is 4. The first kappa shape index (κ1) is 26.1. The third-order valence-corrected chi connectivity index (χ3v) is 4.68. The number of anilines is 1. The maximum Gasteiger partial charge on any atom is 0.305 e. The SMILES string of the molecule is COC(=O)CCCCC(=O)NC(C(=O)NC(C)C(=O)Nc1ccc(CO)cc1)C(C)C. The Labute approximate surface area is 182 Å². The minimum absolute atomic E-state index is 0.0890. The normalized spacial score (nSPS) is 12.6. The number of carbonyl (C=O) groups is 4. The van der Waals surface area contributed by atoms with Crippen LogP contribution in [-0.2, 0) is 30.5 Å². The van der Waals surface area contributed by atoms with E-state index in [1.54, 1.807) is 45.0 Å². The second-order valence-electron chi connectivity index (χ2n) is 7.65. The molecule has 1 rings (SSSR count). The number of rotatable bonds is 12. The zero-order valence-corrected chi connectivity index (χ0v) is 18.6. The zero-order valence-electron chi connectivity index (χ0n) is 18.6. The Morgan fingerprint density at radius 2 is 1.55 bits per heavy atom. The molecule has 0 radical (unpaired) electrons. The van der Waals surface area contributed by atoms with E-state index in [1.807, 2.05) is 0 Å². The van der Waals surface area contributed by atoms with Crippen LogP contribution in [0.4, 0.5) is 5.69 Å². The van der Waals surface area contributed by atoms with Gasteiger partial charge in [-0.3, -0.25) is 19.2 Å². The first-order chi connectivity index (χ1) is 14.7. The van der Waals surface area contributed by atoms with Crippen molar-refractivity contribution in [3.8, 4) is 0 Å². The van der Waals surface area contributed by atoms with E-state index in [4.69, 9.17) is 5.11 Å². The van der Waals surface area contributed by atoms with Crippen molar-refractivity contribution in [2.75, 3.05) is 12.4 Å². The predicted octanol–water partition coefficient (Wildman–Crippen LogP) is 1.50. The molecule has 0 saturated carbocycles. The summed E-state index contributed by atoms with van der Waals surface area (Å²) >= 11 is 0. The van der Waals surface area contributed by atoms with Crippen LogP contribution in [0.25, 0.3) is 0 Å². The summed E-state index contributed by atoms with van der Waals surface area (Å²) in [7, 11) is 1.31. The summed E-state index contributed by atoms with van der Waals surface area (Å²) in [6.07, 6.45) is 1.46. The van der Waals surface area contributed by atoms with Gasteiger partial charge in [0.25, 0.3) is 0 Å². The number of nitrogens with one attached hydrogen (secondary N) is 3. The molecule has 0 aliphatic carbocycles. The van der Waals surface area contributed by atoms with Crippen molar-refractivity contribution in [2.24, 2.45) is 5.92 Å². The topological polar surface area (TPSA) is 134 Å². The highest BCUT2D eigenvalue weighted by molar-refractivity contribution is 5.98. The summed E-state index contributed by atoms with van der Waals surface area (Å²) in [5.74, 6) is -1.64. The number of unbranched alkanes of at least 4 members (excludes halogenated alkanes) is 1. The maximum absolute atomic E-state index is 12.6. The lowest BCUT2D eigenvalue weighted by Gasteiger charge is -2.24. The Hall–Kier alpha value is -2.94. The van der Waals surface area contributed by atoms with Crippen molar-refractivity contribution in [1.29, 1.82) is 0 Å². The van der Waals surface area contributed by atoms with Crippen molar-refractivity contribution < 1.29 is 29.0 Å². The lowest BCUT2D eigenvalue weighted by molar-refractivity contribution is -0.140. The molecule has 31 heavy (non-hydrogen) atoms. The number of amides is 3. The fourth-order valence-corrected chi connectivity index (χ4v) is 2.75. The molecule has 9 heteroatoms. The molecule has 0 bridgehead atoms. The van der Waals surface area contributed by atoms with Crippen LogP contribution < -0.4 is 16.0 Å². The molecule has 0 heterocycles. The molecule has 0 aromatic heterocycles. The van der Waals surface area contributed by atoms with E-state index >= 15 is 0 Å². The Morgan fingerprint density at radius 3 is 2.10 bits per heavy atom. The number of ether oxygens (including phenoxy) is 1. The van der Waals surface area contributed by atoms with E-state index in [2.05, 4.69) is 20.7 Å². The number of methoxy groups -OCH3 is 1. The van der Waals surface area contributed by atoms with Gasteiger partial charge in [0.2, 0.25) is 17.7 Å². The average molecular weight is 436 g/mol. The van der Waals surface area contributed by atoms with Crippen LogP contribution in [0.3, 0.4) is 0 Å². The van der Waals surface area contributed by atoms with E-state index in [0.717, 1.165) is 5.56 Å². The van der Waals surface area contributed by atoms with Crippen LogP contribution in [-0.4, -0.2) is 48.0 Å². The van der Waals surface area contributed by atoms with Crippen molar-refractivity contribution in [3.05, 3.63) is 29.8 Å². The van der Waals surface area contributed by atoms with E-state index in [1.165, 1.54) is 7.11 Å². The summed E-state index contributed by atoms with van der Waals surface area (Å²) in [4.78, 5) is 48.3. The summed E-state index contributed by atoms with van der Waals surface area (Å²) in [5.41, 5.74) is 1.27. The largest absolute Gasteiger partial charge is 0.469 e. The van der Waals surface area contributed by atoms with Gasteiger partial charge in [0.1, 0.15) is 12.1 Å². The molecule has 2 unspecified atom stereocenters. The van der Waals surface area contributed by atoms with Gasteiger partial charge in [-0.15, -0.1) is 0 Å². The lowest BCUT2D eigenvalue weighted by Crippen LogP contribution is -2.53. The summed E-state index contributed by atoms with van der Waals surface area (Å²) < 4.78 is 4.55.